The van der Waals surface area contributed by atoms with Crippen LogP contribution in [-0.2, 0) is 11.3 Å². The molecule has 0 saturated carbocycles. The zero-order valence-electron chi connectivity index (χ0n) is 9.97. The Morgan fingerprint density at radius 1 is 1.50 bits per heavy atom. The van der Waals surface area contributed by atoms with Crippen molar-refractivity contribution in [2.75, 3.05) is 26.4 Å². The summed E-state index contributed by atoms with van der Waals surface area (Å²) in [4.78, 5) is 2.04. The van der Waals surface area contributed by atoms with Crippen LogP contribution >= 0.6 is 0 Å². The van der Waals surface area contributed by atoms with Gasteiger partial charge in [-0.15, -0.1) is 0 Å². The van der Waals surface area contributed by atoms with Crippen LogP contribution in [0.2, 0.25) is 0 Å². The van der Waals surface area contributed by atoms with Crippen molar-refractivity contribution in [3.8, 4) is 6.07 Å². The minimum Gasteiger partial charge on any atom is -0.395 e. The van der Waals surface area contributed by atoms with E-state index in [2.05, 4.69) is 0 Å². The average molecular weight is 250 g/mol. The lowest BCUT2D eigenvalue weighted by atomic mass is 10.1. The molecule has 1 aliphatic heterocycles. The van der Waals surface area contributed by atoms with Gasteiger partial charge in [0.1, 0.15) is 5.82 Å². The number of ether oxygens (including phenoxy) is 1. The second kappa shape index (κ2) is 5.91. The second-order valence-corrected chi connectivity index (χ2v) is 4.34. The van der Waals surface area contributed by atoms with Gasteiger partial charge in [-0.25, -0.2) is 4.39 Å². The minimum atomic E-state index is -0.405. The van der Waals surface area contributed by atoms with Crippen LogP contribution in [0.1, 0.15) is 11.1 Å². The highest BCUT2D eigenvalue weighted by Crippen LogP contribution is 2.15. The standard InChI is InChI=1S/C13H15FN2O2/c14-12-4-10(6-15)3-11(5-12)7-16-1-2-18-9-13(16)8-17/h3-5,13,17H,1-2,7-9H2. The number of hydrogen-bond acceptors (Lipinski definition) is 4. The first-order chi connectivity index (χ1) is 8.72. The van der Waals surface area contributed by atoms with Crippen LogP contribution in [-0.4, -0.2) is 42.4 Å². The van der Waals surface area contributed by atoms with E-state index in [0.717, 1.165) is 5.56 Å². The summed E-state index contributed by atoms with van der Waals surface area (Å²) in [5.74, 6) is -0.405. The first kappa shape index (κ1) is 13.0. The van der Waals surface area contributed by atoms with Crippen LogP contribution in [0, 0.1) is 17.1 Å². The summed E-state index contributed by atoms with van der Waals surface area (Å²) in [6.45, 7) is 2.32. The molecule has 1 atom stereocenters. The van der Waals surface area contributed by atoms with Crippen molar-refractivity contribution in [2.24, 2.45) is 0 Å². The molecule has 18 heavy (non-hydrogen) atoms. The van der Waals surface area contributed by atoms with E-state index in [0.29, 0.717) is 31.9 Å². The van der Waals surface area contributed by atoms with Gasteiger partial charge in [0, 0.05) is 13.1 Å². The van der Waals surface area contributed by atoms with E-state index >= 15 is 0 Å². The van der Waals surface area contributed by atoms with Crippen molar-refractivity contribution in [2.45, 2.75) is 12.6 Å². The average Bonchev–Trinajstić information content (AvgIpc) is 2.38. The van der Waals surface area contributed by atoms with Gasteiger partial charge in [-0.05, 0) is 23.8 Å². The summed E-state index contributed by atoms with van der Waals surface area (Å²) in [6.07, 6.45) is 0. The Bertz CT molecular complexity index is 459. The molecule has 1 aromatic rings. The summed E-state index contributed by atoms with van der Waals surface area (Å²) in [5.41, 5.74) is 1.06. The number of hydrogen-bond donors (Lipinski definition) is 1. The molecule has 1 N–H and O–H groups in total. The number of aliphatic hydroxyl groups is 1. The Morgan fingerprint density at radius 2 is 2.33 bits per heavy atom. The fraction of sp³-hybridized carbons (Fsp3) is 0.462. The first-order valence-electron chi connectivity index (χ1n) is 5.85. The van der Waals surface area contributed by atoms with Gasteiger partial charge in [-0.1, -0.05) is 0 Å². The third-order valence-corrected chi connectivity index (χ3v) is 3.03. The minimum absolute atomic E-state index is 0.0143. The van der Waals surface area contributed by atoms with E-state index in [9.17, 15) is 9.50 Å². The van der Waals surface area contributed by atoms with Gasteiger partial charge >= 0.3 is 0 Å². The van der Waals surface area contributed by atoms with E-state index in [4.69, 9.17) is 10.00 Å². The zero-order chi connectivity index (χ0) is 13.0. The molecular formula is C13H15FN2O2. The van der Waals surface area contributed by atoms with Gasteiger partial charge in [-0.3, -0.25) is 4.90 Å². The van der Waals surface area contributed by atoms with Crippen molar-refractivity contribution in [1.29, 1.82) is 5.26 Å². The molecule has 5 heteroatoms. The lowest BCUT2D eigenvalue weighted by Gasteiger charge is -2.34. The summed E-state index contributed by atoms with van der Waals surface area (Å²) in [7, 11) is 0. The molecule has 0 radical (unpaired) electrons. The van der Waals surface area contributed by atoms with Gasteiger partial charge < -0.3 is 9.84 Å². The molecule has 1 fully saturated rings. The van der Waals surface area contributed by atoms with Crippen LogP contribution < -0.4 is 0 Å². The Labute approximate surface area is 105 Å². The highest BCUT2D eigenvalue weighted by atomic mass is 19.1. The van der Waals surface area contributed by atoms with Crippen molar-refractivity contribution in [1.82, 2.24) is 4.90 Å². The molecule has 0 aliphatic carbocycles. The summed E-state index contributed by atoms with van der Waals surface area (Å²) < 4.78 is 18.6. The smallest absolute Gasteiger partial charge is 0.124 e. The normalized spacial score (nSPS) is 20.6. The highest BCUT2D eigenvalue weighted by molar-refractivity contribution is 5.33. The number of benzene rings is 1. The van der Waals surface area contributed by atoms with Crippen LogP contribution in [0.3, 0.4) is 0 Å². The molecule has 4 nitrogen and oxygen atoms in total. The number of halogens is 1. The van der Waals surface area contributed by atoms with Gasteiger partial charge in [0.15, 0.2) is 0 Å². The number of aliphatic hydroxyl groups excluding tert-OH is 1. The Kier molecular flexibility index (Phi) is 4.26. The molecule has 1 aliphatic rings. The number of nitriles is 1. The third-order valence-electron chi connectivity index (χ3n) is 3.03. The lowest BCUT2D eigenvalue weighted by Crippen LogP contribution is -2.46. The maximum Gasteiger partial charge on any atom is 0.124 e. The fourth-order valence-corrected chi connectivity index (χ4v) is 2.11. The van der Waals surface area contributed by atoms with Crippen LogP contribution in [0.25, 0.3) is 0 Å². The van der Waals surface area contributed by atoms with Gasteiger partial charge in [0.2, 0.25) is 0 Å². The predicted molar refractivity (Wildman–Crippen MR) is 63.2 cm³/mol. The largest absolute Gasteiger partial charge is 0.395 e. The molecule has 0 aromatic heterocycles. The van der Waals surface area contributed by atoms with Gasteiger partial charge in [0.25, 0.3) is 0 Å². The highest BCUT2D eigenvalue weighted by Gasteiger charge is 2.22. The zero-order valence-corrected chi connectivity index (χ0v) is 9.97. The Hall–Kier alpha value is -1.48. The molecule has 1 saturated heterocycles. The Morgan fingerprint density at radius 3 is 3.06 bits per heavy atom. The third kappa shape index (κ3) is 3.05. The van der Waals surface area contributed by atoms with Gasteiger partial charge in [0.05, 0.1) is 37.5 Å². The topological polar surface area (TPSA) is 56.5 Å². The van der Waals surface area contributed by atoms with Gasteiger partial charge in [-0.2, -0.15) is 5.26 Å². The summed E-state index contributed by atoms with van der Waals surface area (Å²) in [5, 5.41) is 18.0. The molecule has 2 rings (SSSR count). The van der Waals surface area contributed by atoms with Crippen molar-refractivity contribution >= 4 is 0 Å². The number of morpholine rings is 1. The summed E-state index contributed by atoms with van der Waals surface area (Å²) >= 11 is 0. The van der Waals surface area contributed by atoms with Crippen LogP contribution in [0.4, 0.5) is 4.39 Å². The van der Waals surface area contributed by atoms with Crippen molar-refractivity contribution in [3.63, 3.8) is 0 Å². The molecule has 96 valence electrons. The van der Waals surface area contributed by atoms with Crippen LogP contribution in [0.15, 0.2) is 18.2 Å². The molecule has 0 spiro atoms. The summed E-state index contributed by atoms with van der Waals surface area (Å²) in [6, 6.07) is 6.19. The van der Waals surface area contributed by atoms with Crippen LogP contribution in [0.5, 0.6) is 0 Å². The maximum absolute atomic E-state index is 13.3. The Balaban J connectivity index is 2.12. The fourth-order valence-electron chi connectivity index (χ4n) is 2.11. The molecular weight excluding hydrogens is 235 g/mol. The van der Waals surface area contributed by atoms with E-state index in [-0.39, 0.29) is 12.6 Å². The van der Waals surface area contributed by atoms with Crippen molar-refractivity contribution in [3.05, 3.63) is 35.1 Å². The lowest BCUT2D eigenvalue weighted by molar-refractivity contribution is -0.0312. The monoisotopic (exact) mass is 250 g/mol. The van der Waals surface area contributed by atoms with E-state index in [1.54, 1.807) is 6.07 Å². The quantitative estimate of drug-likeness (QED) is 0.865. The molecule has 0 bridgehead atoms. The molecule has 1 aromatic carbocycles. The molecule has 1 unspecified atom stereocenters. The van der Waals surface area contributed by atoms with Crippen molar-refractivity contribution < 1.29 is 14.2 Å². The van der Waals surface area contributed by atoms with E-state index in [1.807, 2.05) is 11.0 Å². The molecule has 1 heterocycles. The predicted octanol–water partition coefficient (Wildman–Crippen LogP) is 0.890. The molecule has 0 amide bonds. The maximum atomic E-state index is 13.3. The second-order valence-electron chi connectivity index (χ2n) is 4.34. The van der Waals surface area contributed by atoms with E-state index in [1.165, 1.54) is 12.1 Å². The number of rotatable bonds is 3. The van der Waals surface area contributed by atoms with E-state index < -0.39 is 5.82 Å². The SMILES string of the molecule is N#Cc1cc(F)cc(CN2CCOCC2CO)c1. The number of nitrogens with zero attached hydrogens (tertiary/aromatic N) is 2. The first-order valence-corrected chi connectivity index (χ1v) is 5.85.